The highest BCUT2D eigenvalue weighted by atomic mass is 16.6. The van der Waals surface area contributed by atoms with E-state index in [0.717, 1.165) is 6.42 Å². The predicted molar refractivity (Wildman–Crippen MR) is 79.4 cm³/mol. The Hall–Kier alpha value is -1.58. The summed E-state index contributed by atoms with van der Waals surface area (Å²) in [7, 11) is 0. The van der Waals surface area contributed by atoms with Crippen molar-refractivity contribution < 1.29 is 19.1 Å². The number of rotatable bonds is 4. The Balaban J connectivity index is 2.31. The molecule has 0 heterocycles. The van der Waals surface area contributed by atoms with Crippen molar-refractivity contribution in [3.63, 3.8) is 0 Å². The summed E-state index contributed by atoms with van der Waals surface area (Å²) in [5.74, 6) is -0.458. The van der Waals surface area contributed by atoms with Crippen LogP contribution in [0.15, 0.2) is 23.8 Å². The first kappa shape index (κ1) is 15.8. The van der Waals surface area contributed by atoms with Gasteiger partial charge in [0.05, 0.1) is 13.2 Å². The van der Waals surface area contributed by atoms with Gasteiger partial charge in [0.15, 0.2) is 5.41 Å². The van der Waals surface area contributed by atoms with E-state index in [4.69, 9.17) is 9.47 Å². The highest BCUT2D eigenvalue weighted by molar-refractivity contribution is 6.00. The Morgan fingerprint density at radius 1 is 1.14 bits per heavy atom. The second-order valence-corrected chi connectivity index (χ2v) is 5.90. The second kappa shape index (κ2) is 6.46. The van der Waals surface area contributed by atoms with Crippen LogP contribution in [0.2, 0.25) is 0 Å². The van der Waals surface area contributed by atoms with E-state index in [1.54, 1.807) is 13.8 Å². The molecule has 1 fully saturated rings. The zero-order valence-electron chi connectivity index (χ0n) is 13.1. The van der Waals surface area contributed by atoms with Gasteiger partial charge >= 0.3 is 11.9 Å². The molecule has 0 amide bonds. The molecule has 2 rings (SSSR count). The highest BCUT2D eigenvalue weighted by Crippen LogP contribution is 2.49. The van der Waals surface area contributed by atoms with Gasteiger partial charge in [0.1, 0.15) is 0 Å². The van der Waals surface area contributed by atoms with Gasteiger partial charge in [-0.3, -0.25) is 9.59 Å². The van der Waals surface area contributed by atoms with Gasteiger partial charge in [-0.05, 0) is 51.9 Å². The second-order valence-electron chi connectivity index (χ2n) is 5.90. The topological polar surface area (TPSA) is 52.6 Å². The van der Waals surface area contributed by atoms with Crippen LogP contribution in [0.4, 0.5) is 0 Å². The van der Waals surface area contributed by atoms with Crippen molar-refractivity contribution in [2.24, 2.45) is 17.3 Å². The molecule has 0 saturated heterocycles. The van der Waals surface area contributed by atoms with Gasteiger partial charge in [-0.1, -0.05) is 23.8 Å². The lowest BCUT2D eigenvalue weighted by molar-refractivity contribution is -0.171. The van der Waals surface area contributed by atoms with E-state index < -0.39 is 17.4 Å². The van der Waals surface area contributed by atoms with E-state index in [-0.39, 0.29) is 25.0 Å². The molecule has 21 heavy (non-hydrogen) atoms. The molecule has 2 atom stereocenters. The maximum atomic E-state index is 12.4. The van der Waals surface area contributed by atoms with E-state index in [1.807, 2.05) is 0 Å². The standard InChI is InChI=1S/C17H24O4/c1-4-20-15(18)17(16(19)21-5-2)10-13-8-6-7-12(3)9-14(13)11-17/h6,8-9,13-14H,4-5,7,10-11H2,1-3H3/t13-,14-/m1/s1. The van der Waals surface area contributed by atoms with Crippen LogP contribution in [0.3, 0.4) is 0 Å². The number of esters is 2. The molecular weight excluding hydrogens is 268 g/mol. The molecule has 0 aliphatic heterocycles. The summed E-state index contributed by atoms with van der Waals surface area (Å²) in [6.07, 6.45) is 8.37. The van der Waals surface area contributed by atoms with E-state index >= 15 is 0 Å². The first-order valence-electron chi connectivity index (χ1n) is 7.72. The first-order chi connectivity index (χ1) is 10.0. The number of hydrogen-bond acceptors (Lipinski definition) is 4. The molecule has 0 radical (unpaired) electrons. The van der Waals surface area contributed by atoms with E-state index in [2.05, 4.69) is 25.2 Å². The Kier molecular flexibility index (Phi) is 4.86. The van der Waals surface area contributed by atoms with Gasteiger partial charge < -0.3 is 9.47 Å². The predicted octanol–water partition coefficient (Wildman–Crippen LogP) is 3.03. The van der Waals surface area contributed by atoms with Crippen LogP contribution in [0.1, 0.15) is 40.0 Å². The molecule has 0 aromatic carbocycles. The summed E-state index contributed by atoms with van der Waals surface area (Å²) >= 11 is 0. The quantitative estimate of drug-likeness (QED) is 0.454. The summed E-state index contributed by atoms with van der Waals surface area (Å²) < 4.78 is 10.4. The minimum absolute atomic E-state index is 0.205. The molecule has 0 N–H and O–H groups in total. The Bertz CT molecular complexity index is 457. The summed E-state index contributed by atoms with van der Waals surface area (Å²) in [4.78, 5) is 24.9. The molecular formula is C17H24O4. The third-order valence-corrected chi connectivity index (χ3v) is 4.37. The number of ether oxygens (including phenoxy) is 2. The molecule has 2 aliphatic carbocycles. The molecule has 2 aliphatic rings. The zero-order chi connectivity index (χ0) is 15.5. The maximum absolute atomic E-state index is 12.4. The normalized spacial score (nSPS) is 26.5. The lowest BCUT2D eigenvalue weighted by Gasteiger charge is -2.24. The molecule has 0 aromatic heterocycles. The molecule has 116 valence electrons. The lowest BCUT2D eigenvalue weighted by atomic mass is 9.84. The van der Waals surface area contributed by atoms with Crippen molar-refractivity contribution in [1.29, 1.82) is 0 Å². The number of hydrogen-bond donors (Lipinski definition) is 0. The number of carbonyl (C=O) groups excluding carboxylic acids is 2. The van der Waals surface area contributed by atoms with Gasteiger partial charge in [-0.15, -0.1) is 0 Å². The monoisotopic (exact) mass is 292 g/mol. The van der Waals surface area contributed by atoms with Crippen LogP contribution in [0.25, 0.3) is 0 Å². The van der Waals surface area contributed by atoms with E-state index in [1.165, 1.54) is 5.57 Å². The molecule has 4 nitrogen and oxygen atoms in total. The summed E-state index contributed by atoms with van der Waals surface area (Å²) in [5.41, 5.74) is 0.141. The fourth-order valence-corrected chi connectivity index (χ4v) is 3.40. The Morgan fingerprint density at radius 3 is 2.29 bits per heavy atom. The number of allylic oxidation sites excluding steroid dienone is 4. The molecule has 0 spiro atoms. The van der Waals surface area contributed by atoms with Crippen molar-refractivity contribution in [1.82, 2.24) is 0 Å². The average Bonchev–Trinajstić information content (AvgIpc) is 2.71. The summed E-state index contributed by atoms with van der Waals surface area (Å²) in [5, 5.41) is 0. The van der Waals surface area contributed by atoms with Crippen LogP contribution in [-0.4, -0.2) is 25.2 Å². The van der Waals surface area contributed by atoms with Crippen molar-refractivity contribution in [2.75, 3.05) is 13.2 Å². The summed E-state index contributed by atoms with van der Waals surface area (Å²) in [6, 6.07) is 0. The van der Waals surface area contributed by atoms with Gasteiger partial charge in [-0.25, -0.2) is 0 Å². The molecule has 1 saturated carbocycles. The van der Waals surface area contributed by atoms with Crippen molar-refractivity contribution in [3.05, 3.63) is 23.8 Å². The number of fused-ring (bicyclic) bond motifs is 1. The van der Waals surface area contributed by atoms with Gasteiger partial charge in [0.25, 0.3) is 0 Å². The maximum Gasteiger partial charge on any atom is 0.323 e. The van der Waals surface area contributed by atoms with Crippen LogP contribution in [0.5, 0.6) is 0 Å². The van der Waals surface area contributed by atoms with Gasteiger partial charge in [0, 0.05) is 0 Å². The molecule has 0 bridgehead atoms. The lowest BCUT2D eigenvalue weighted by Crippen LogP contribution is -2.40. The minimum Gasteiger partial charge on any atom is -0.465 e. The van der Waals surface area contributed by atoms with Crippen molar-refractivity contribution >= 4 is 11.9 Å². The molecule has 0 aromatic rings. The van der Waals surface area contributed by atoms with E-state index in [9.17, 15) is 9.59 Å². The van der Waals surface area contributed by atoms with Gasteiger partial charge in [-0.2, -0.15) is 0 Å². The van der Waals surface area contributed by atoms with Crippen LogP contribution in [0, 0.1) is 17.3 Å². The SMILES string of the molecule is CCOC(=O)C1(C(=O)OCC)C[C@H]2C=CCC(C)=C[C@@H]2C1. The van der Waals surface area contributed by atoms with E-state index in [0.29, 0.717) is 12.8 Å². The molecule has 0 unspecified atom stereocenters. The highest BCUT2D eigenvalue weighted by Gasteiger charge is 2.56. The van der Waals surface area contributed by atoms with Crippen molar-refractivity contribution in [3.8, 4) is 0 Å². The fraction of sp³-hybridized carbons (Fsp3) is 0.647. The van der Waals surface area contributed by atoms with Gasteiger partial charge in [0.2, 0.25) is 0 Å². The average molecular weight is 292 g/mol. The first-order valence-corrected chi connectivity index (χ1v) is 7.72. The minimum atomic E-state index is -1.14. The number of carbonyl (C=O) groups is 2. The third-order valence-electron chi connectivity index (χ3n) is 4.37. The largest absolute Gasteiger partial charge is 0.465 e. The zero-order valence-corrected chi connectivity index (χ0v) is 13.1. The third kappa shape index (κ3) is 3.04. The molecule has 4 heteroatoms. The van der Waals surface area contributed by atoms with Crippen LogP contribution >= 0.6 is 0 Å². The smallest absolute Gasteiger partial charge is 0.323 e. The van der Waals surface area contributed by atoms with Crippen LogP contribution < -0.4 is 0 Å². The van der Waals surface area contributed by atoms with Crippen molar-refractivity contribution in [2.45, 2.75) is 40.0 Å². The summed E-state index contributed by atoms with van der Waals surface area (Å²) in [6.45, 7) is 6.16. The fourth-order valence-electron chi connectivity index (χ4n) is 3.40. The Morgan fingerprint density at radius 2 is 1.71 bits per heavy atom. The Labute approximate surface area is 126 Å². The van der Waals surface area contributed by atoms with Crippen LogP contribution in [-0.2, 0) is 19.1 Å².